The molecule has 142 valence electrons. The molecule has 2 saturated heterocycles. The molecule has 0 bridgehead atoms. The van der Waals surface area contributed by atoms with Crippen LogP contribution in [0.5, 0.6) is 0 Å². The van der Waals surface area contributed by atoms with Gasteiger partial charge in [-0.25, -0.2) is 4.79 Å². The summed E-state index contributed by atoms with van der Waals surface area (Å²) in [6, 6.07) is -0.360. The van der Waals surface area contributed by atoms with Crippen molar-refractivity contribution in [3.8, 4) is 0 Å². The second kappa shape index (κ2) is 9.03. The minimum absolute atomic E-state index is 0.00776. The standard InChI is InChI=1S/C17H31N5O3/c1-4-20-9-6-18-16(24)14(20)12-15(23)21-7-5-8-22(11-10-21)17(25)19-13(2)3/h13-14H,4-12H2,1-3H3,(H,18,24)(H,19,25). The molecule has 2 N–H and O–H groups in total. The van der Waals surface area contributed by atoms with Crippen molar-refractivity contribution in [2.24, 2.45) is 0 Å². The molecule has 0 radical (unpaired) electrons. The van der Waals surface area contributed by atoms with E-state index in [-0.39, 0.29) is 36.3 Å². The first-order chi connectivity index (χ1) is 11.9. The Morgan fingerprint density at radius 2 is 1.84 bits per heavy atom. The van der Waals surface area contributed by atoms with E-state index in [9.17, 15) is 14.4 Å². The summed E-state index contributed by atoms with van der Waals surface area (Å²) < 4.78 is 0. The number of amides is 4. The Hall–Kier alpha value is -1.83. The summed E-state index contributed by atoms with van der Waals surface area (Å²) in [4.78, 5) is 42.5. The van der Waals surface area contributed by atoms with E-state index in [1.807, 2.05) is 20.8 Å². The third kappa shape index (κ3) is 5.32. The minimum atomic E-state index is -0.380. The Bertz CT molecular complexity index is 497. The SMILES string of the molecule is CCN1CCNC(=O)C1CC(=O)N1CCCN(C(=O)NC(C)C)CC1. The van der Waals surface area contributed by atoms with Crippen molar-refractivity contribution >= 4 is 17.8 Å². The lowest BCUT2D eigenvalue weighted by Gasteiger charge is -2.34. The van der Waals surface area contributed by atoms with Crippen LogP contribution in [-0.4, -0.2) is 90.4 Å². The van der Waals surface area contributed by atoms with Crippen LogP contribution in [0.4, 0.5) is 4.79 Å². The highest BCUT2D eigenvalue weighted by atomic mass is 16.2. The molecule has 2 aliphatic heterocycles. The van der Waals surface area contributed by atoms with Crippen molar-refractivity contribution in [1.29, 1.82) is 0 Å². The number of rotatable bonds is 4. The van der Waals surface area contributed by atoms with Crippen LogP contribution in [0.25, 0.3) is 0 Å². The predicted octanol–water partition coefficient (Wildman–Crippen LogP) is -0.151. The Kier molecular flexibility index (Phi) is 7.04. The fourth-order valence-electron chi connectivity index (χ4n) is 3.37. The molecule has 2 aliphatic rings. The van der Waals surface area contributed by atoms with Gasteiger partial charge in [0, 0.05) is 45.3 Å². The summed E-state index contributed by atoms with van der Waals surface area (Å²) in [5.74, 6) is -0.0687. The zero-order valence-corrected chi connectivity index (χ0v) is 15.6. The summed E-state index contributed by atoms with van der Waals surface area (Å²) >= 11 is 0. The Labute approximate surface area is 149 Å². The van der Waals surface area contributed by atoms with E-state index in [1.54, 1.807) is 9.80 Å². The monoisotopic (exact) mass is 353 g/mol. The number of carbonyl (C=O) groups is 3. The van der Waals surface area contributed by atoms with Gasteiger partial charge in [-0.1, -0.05) is 6.92 Å². The molecule has 8 nitrogen and oxygen atoms in total. The molecule has 8 heteroatoms. The molecule has 2 heterocycles. The van der Waals surface area contributed by atoms with Gasteiger partial charge in [0.05, 0.1) is 12.5 Å². The van der Waals surface area contributed by atoms with Gasteiger partial charge in [-0.2, -0.15) is 0 Å². The zero-order chi connectivity index (χ0) is 18.4. The molecule has 1 unspecified atom stereocenters. The van der Waals surface area contributed by atoms with Crippen molar-refractivity contribution < 1.29 is 14.4 Å². The van der Waals surface area contributed by atoms with Gasteiger partial charge in [-0.3, -0.25) is 14.5 Å². The molecule has 0 aromatic carbocycles. The van der Waals surface area contributed by atoms with E-state index >= 15 is 0 Å². The van der Waals surface area contributed by atoms with Crippen LogP contribution in [0.1, 0.15) is 33.6 Å². The second-order valence-corrected chi connectivity index (χ2v) is 6.97. The number of hydrogen-bond donors (Lipinski definition) is 2. The van der Waals surface area contributed by atoms with E-state index in [0.29, 0.717) is 32.7 Å². The molecule has 0 aromatic rings. The largest absolute Gasteiger partial charge is 0.353 e. The maximum absolute atomic E-state index is 12.7. The van der Waals surface area contributed by atoms with Gasteiger partial charge in [0.15, 0.2) is 0 Å². The Morgan fingerprint density at radius 3 is 2.52 bits per heavy atom. The number of nitrogens with zero attached hydrogens (tertiary/aromatic N) is 3. The number of likely N-dealkylation sites (N-methyl/N-ethyl adjacent to an activating group) is 1. The number of nitrogens with one attached hydrogen (secondary N) is 2. The predicted molar refractivity (Wildman–Crippen MR) is 95.1 cm³/mol. The van der Waals surface area contributed by atoms with E-state index < -0.39 is 0 Å². The van der Waals surface area contributed by atoms with Crippen molar-refractivity contribution in [3.63, 3.8) is 0 Å². The first kappa shape index (κ1) is 19.5. The molecule has 0 saturated carbocycles. The lowest BCUT2D eigenvalue weighted by atomic mass is 10.1. The highest BCUT2D eigenvalue weighted by Gasteiger charge is 2.32. The highest BCUT2D eigenvalue weighted by molar-refractivity contribution is 5.89. The van der Waals surface area contributed by atoms with E-state index in [4.69, 9.17) is 0 Å². The van der Waals surface area contributed by atoms with Gasteiger partial charge in [-0.05, 0) is 26.8 Å². The van der Waals surface area contributed by atoms with Crippen LogP contribution in [0.2, 0.25) is 0 Å². The molecule has 25 heavy (non-hydrogen) atoms. The van der Waals surface area contributed by atoms with Crippen LogP contribution in [-0.2, 0) is 9.59 Å². The number of carbonyl (C=O) groups excluding carboxylic acids is 3. The maximum atomic E-state index is 12.7. The first-order valence-electron chi connectivity index (χ1n) is 9.27. The van der Waals surface area contributed by atoms with Crippen LogP contribution >= 0.6 is 0 Å². The summed E-state index contributed by atoms with van der Waals surface area (Å²) in [6.45, 7) is 10.4. The average Bonchev–Trinajstić information content (AvgIpc) is 2.82. The second-order valence-electron chi connectivity index (χ2n) is 6.97. The van der Waals surface area contributed by atoms with Gasteiger partial charge in [0.25, 0.3) is 0 Å². The molecule has 2 fully saturated rings. The van der Waals surface area contributed by atoms with Gasteiger partial charge in [0.1, 0.15) is 0 Å². The lowest BCUT2D eigenvalue weighted by Crippen LogP contribution is -2.56. The van der Waals surface area contributed by atoms with Crippen molar-refractivity contribution in [2.45, 2.75) is 45.7 Å². The molecule has 2 rings (SSSR count). The molecular weight excluding hydrogens is 322 g/mol. The van der Waals surface area contributed by atoms with E-state index in [1.165, 1.54) is 0 Å². The average molecular weight is 353 g/mol. The van der Waals surface area contributed by atoms with Crippen molar-refractivity contribution in [2.75, 3.05) is 45.8 Å². The summed E-state index contributed by atoms with van der Waals surface area (Å²) in [5, 5.41) is 5.74. The molecular formula is C17H31N5O3. The van der Waals surface area contributed by atoms with Gasteiger partial charge in [0.2, 0.25) is 11.8 Å². The van der Waals surface area contributed by atoms with Crippen LogP contribution in [0.3, 0.4) is 0 Å². The van der Waals surface area contributed by atoms with Gasteiger partial charge in [-0.15, -0.1) is 0 Å². The molecule has 1 atom stereocenters. The van der Waals surface area contributed by atoms with E-state index in [2.05, 4.69) is 15.5 Å². The lowest BCUT2D eigenvalue weighted by molar-refractivity contribution is -0.138. The summed E-state index contributed by atoms with van der Waals surface area (Å²) in [5.41, 5.74) is 0. The van der Waals surface area contributed by atoms with Gasteiger partial charge < -0.3 is 20.4 Å². The fraction of sp³-hybridized carbons (Fsp3) is 0.824. The number of urea groups is 1. The maximum Gasteiger partial charge on any atom is 0.317 e. The number of piperazine rings is 1. The fourth-order valence-corrected chi connectivity index (χ4v) is 3.37. The first-order valence-corrected chi connectivity index (χ1v) is 9.27. The minimum Gasteiger partial charge on any atom is -0.353 e. The summed E-state index contributed by atoms with van der Waals surface area (Å²) in [6.07, 6.45) is 0.962. The molecule has 0 aromatic heterocycles. The highest BCUT2D eigenvalue weighted by Crippen LogP contribution is 2.12. The van der Waals surface area contributed by atoms with Crippen molar-refractivity contribution in [1.82, 2.24) is 25.3 Å². The summed E-state index contributed by atoms with van der Waals surface area (Å²) in [7, 11) is 0. The zero-order valence-electron chi connectivity index (χ0n) is 15.6. The smallest absolute Gasteiger partial charge is 0.317 e. The Morgan fingerprint density at radius 1 is 1.16 bits per heavy atom. The molecule has 0 aliphatic carbocycles. The molecule has 0 spiro atoms. The third-order valence-corrected chi connectivity index (χ3v) is 4.76. The van der Waals surface area contributed by atoms with E-state index in [0.717, 1.165) is 19.5 Å². The van der Waals surface area contributed by atoms with Crippen LogP contribution in [0, 0.1) is 0 Å². The normalized spacial score (nSPS) is 22.6. The van der Waals surface area contributed by atoms with Crippen molar-refractivity contribution in [3.05, 3.63) is 0 Å². The van der Waals surface area contributed by atoms with Crippen LogP contribution < -0.4 is 10.6 Å². The Balaban J connectivity index is 1.89. The third-order valence-electron chi connectivity index (χ3n) is 4.76. The quantitative estimate of drug-likeness (QED) is 0.736. The molecule has 4 amide bonds. The number of hydrogen-bond acceptors (Lipinski definition) is 4. The van der Waals surface area contributed by atoms with Gasteiger partial charge >= 0.3 is 6.03 Å². The van der Waals surface area contributed by atoms with Crippen LogP contribution in [0.15, 0.2) is 0 Å². The topological polar surface area (TPSA) is 85.0 Å².